The van der Waals surface area contributed by atoms with Crippen LogP contribution < -0.4 is 10.5 Å². The molecule has 3 aromatic rings. The van der Waals surface area contributed by atoms with E-state index in [9.17, 15) is 4.79 Å². The smallest absolute Gasteiger partial charge is 0.254 e. The Morgan fingerprint density at radius 2 is 2.18 bits per heavy atom. The molecule has 0 saturated heterocycles. The van der Waals surface area contributed by atoms with E-state index >= 15 is 0 Å². The predicted octanol–water partition coefficient (Wildman–Crippen LogP) is 2.21. The molecule has 1 amide bonds. The highest BCUT2D eigenvalue weighted by molar-refractivity contribution is 5.99. The second kappa shape index (κ2) is 5.22. The molecule has 6 heteroatoms. The fraction of sp³-hybridized carbons (Fsp3) is 0.0625. The van der Waals surface area contributed by atoms with Crippen molar-refractivity contribution in [2.24, 2.45) is 5.73 Å². The van der Waals surface area contributed by atoms with Crippen LogP contribution >= 0.6 is 0 Å². The number of H-pyrrole nitrogens is 1. The number of carbonyl (C=O) groups is 1. The van der Waals surface area contributed by atoms with Crippen LogP contribution in [-0.4, -0.2) is 23.0 Å². The summed E-state index contributed by atoms with van der Waals surface area (Å²) in [6, 6.07) is 10.9. The number of pyridine rings is 1. The Morgan fingerprint density at radius 1 is 1.36 bits per heavy atom. The number of nitriles is 1. The molecule has 0 aliphatic heterocycles. The number of ether oxygens (including phenoxy) is 1. The number of aromatic amines is 1. The number of nitrogens with one attached hydrogen (secondary N) is 1. The van der Waals surface area contributed by atoms with Crippen molar-refractivity contribution in [2.75, 3.05) is 7.11 Å². The van der Waals surface area contributed by atoms with Crippen molar-refractivity contribution in [3.05, 3.63) is 47.7 Å². The van der Waals surface area contributed by atoms with Crippen LogP contribution in [0, 0.1) is 11.3 Å². The molecule has 0 aliphatic carbocycles. The Morgan fingerprint density at radius 3 is 2.86 bits per heavy atom. The molecule has 0 aliphatic rings. The van der Waals surface area contributed by atoms with Crippen molar-refractivity contribution >= 4 is 16.8 Å². The van der Waals surface area contributed by atoms with Gasteiger partial charge in [-0.15, -0.1) is 0 Å². The molecule has 2 aromatic heterocycles. The van der Waals surface area contributed by atoms with Crippen LogP contribution in [0.2, 0.25) is 0 Å². The maximum absolute atomic E-state index is 11.3. The van der Waals surface area contributed by atoms with Gasteiger partial charge in [-0.1, -0.05) is 12.1 Å². The summed E-state index contributed by atoms with van der Waals surface area (Å²) in [5.41, 5.74) is 8.27. The van der Waals surface area contributed by atoms with Crippen LogP contribution in [-0.2, 0) is 0 Å². The zero-order valence-electron chi connectivity index (χ0n) is 11.8. The van der Waals surface area contributed by atoms with Gasteiger partial charge in [-0.25, -0.2) is 4.98 Å². The van der Waals surface area contributed by atoms with Crippen molar-refractivity contribution in [2.45, 2.75) is 0 Å². The third-order valence-electron chi connectivity index (χ3n) is 3.43. The summed E-state index contributed by atoms with van der Waals surface area (Å²) < 4.78 is 5.13. The van der Waals surface area contributed by atoms with Crippen LogP contribution in [0.25, 0.3) is 22.2 Å². The Labute approximate surface area is 126 Å². The van der Waals surface area contributed by atoms with Gasteiger partial charge in [0.2, 0.25) is 5.88 Å². The number of amides is 1. The monoisotopic (exact) mass is 292 g/mol. The molecule has 0 spiro atoms. The number of para-hydroxylation sites is 1. The Hall–Kier alpha value is -3.33. The highest BCUT2D eigenvalue weighted by Gasteiger charge is 2.15. The van der Waals surface area contributed by atoms with E-state index in [-0.39, 0.29) is 11.4 Å². The Bertz CT molecular complexity index is 922. The molecule has 0 fully saturated rings. The van der Waals surface area contributed by atoms with E-state index in [2.05, 4.69) is 16.0 Å². The third kappa shape index (κ3) is 2.05. The van der Waals surface area contributed by atoms with Gasteiger partial charge in [0.05, 0.1) is 23.9 Å². The van der Waals surface area contributed by atoms with Crippen molar-refractivity contribution in [1.29, 1.82) is 5.26 Å². The predicted molar refractivity (Wildman–Crippen MR) is 81.3 cm³/mol. The number of fused-ring (bicyclic) bond motifs is 1. The Balaban J connectivity index is 2.20. The van der Waals surface area contributed by atoms with Crippen LogP contribution in [0.5, 0.6) is 5.88 Å². The fourth-order valence-electron chi connectivity index (χ4n) is 2.39. The van der Waals surface area contributed by atoms with E-state index in [4.69, 9.17) is 15.7 Å². The molecule has 3 N–H and O–H groups in total. The standard InChI is InChI=1S/C16H12N4O2/c1-22-16-11(15(18)21)5-6-13(20-16)12-8-19-14-9(7-17)3-2-4-10(12)14/h2-6,8,19H,1H3,(H2,18,21). The maximum atomic E-state index is 11.3. The van der Waals surface area contributed by atoms with E-state index in [0.29, 0.717) is 11.3 Å². The van der Waals surface area contributed by atoms with Gasteiger partial charge in [0.15, 0.2) is 0 Å². The van der Waals surface area contributed by atoms with Gasteiger partial charge in [-0.2, -0.15) is 5.26 Å². The number of rotatable bonds is 3. The fourth-order valence-corrected chi connectivity index (χ4v) is 2.39. The molecular formula is C16H12N4O2. The molecule has 22 heavy (non-hydrogen) atoms. The van der Waals surface area contributed by atoms with Crippen LogP contribution in [0.3, 0.4) is 0 Å². The van der Waals surface area contributed by atoms with E-state index in [0.717, 1.165) is 16.5 Å². The van der Waals surface area contributed by atoms with Crippen molar-refractivity contribution in [3.63, 3.8) is 0 Å². The minimum atomic E-state index is -0.596. The zero-order valence-corrected chi connectivity index (χ0v) is 11.8. The third-order valence-corrected chi connectivity index (χ3v) is 3.43. The number of hydrogen-bond donors (Lipinski definition) is 2. The minimum absolute atomic E-state index is 0.177. The number of hydrogen-bond acceptors (Lipinski definition) is 4. The lowest BCUT2D eigenvalue weighted by Gasteiger charge is -2.06. The lowest BCUT2D eigenvalue weighted by molar-refractivity contribution is 0.0996. The van der Waals surface area contributed by atoms with E-state index < -0.39 is 5.91 Å². The average Bonchev–Trinajstić information content (AvgIpc) is 2.98. The average molecular weight is 292 g/mol. The molecule has 108 valence electrons. The van der Waals surface area contributed by atoms with Gasteiger partial charge < -0.3 is 15.5 Å². The zero-order chi connectivity index (χ0) is 15.7. The normalized spacial score (nSPS) is 10.4. The second-order valence-corrected chi connectivity index (χ2v) is 4.66. The summed E-state index contributed by atoms with van der Waals surface area (Å²) in [7, 11) is 1.43. The lowest BCUT2D eigenvalue weighted by atomic mass is 10.1. The first kappa shape index (κ1) is 13.6. The van der Waals surface area contributed by atoms with Crippen molar-refractivity contribution < 1.29 is 9.53 Å². The van der Waals surface area contributed by atoms with E-state index in [1.165, 1.54) is 7.11 Å². The van der Waals surface area contributed by atoms with E-state index in [1.807, 2.05) is 12.1 Å². The number of methoxy groups -OCH3 is 1. The van der Waals surface area contributed by atoms with Gasteiger partial charge in [0.1, 0.15) is 11.6 Å². The summed E-state index contributed by atoms with van der Waals surface area (Å²) in [5, 5.41) is 10.0. The van der Waals surface area contributed by atoms with Crippen LogP contribution in [0.4, 0.5) is 0 Å². The van der Waals surface area contributed by atoms with Gasteiger partial charge in [-0.05, 0) is 18.2 Å². The van der Waals surface area contributed by atoms with Crippen LogP contribution in [0.15, 0.2) is 36.5 Å². The number of aromatic nitrogens is 2. The molecule has 0 bridgehead atoms. The lowest BCUT2D eigenvalue weighted by Crippen LogP contribution is -2.13. The molecule has 0 radical (unpaired) electrons. The number of nitrogens with zero attached hydrogens (tertiary/aromatic N) is 2. The molecule has 0 atom stereocenters. The number of nitrogens with two attached hydrogens (primary N) is 1. The number of benzene rings is 1. The van der Waals surface area contributed by atoms with Gasteiger partial charge in [-0.3, -0.25) is 4.79 Å². The largest absolute Gasteiger partial charge is 0.480 e. The molecule has 1 aromatic carbocycles. The first-order chi connectivity index (χ1) is 10.7. The number of carbonyl (C=O) groups excluding carboxylic acids is 1. The topological polar surface area (TPSA) is 105 Å². The van der Waals surface area contributed by atoms with Gasteiger partial charge in [0, 0.05) is 17.1 Å². The molecular weight excluding hydrogens is 280 g/mol. The summed E-state index contributed by atoms with van der Waals surface area (Å²) >= 11 is 0. The van der Waals surface area contributed by atoms with Crippen molar-refractivity contribution in [3.8, 4) is 23.2 Å². The second-order valence-electron chi connectivity index (χ2n) is 4.66. The quantitative estimate of drug-likeness (QED) is 0.772. The summed E-state index contributed by atoms with van der Waals surface area (Å²) in [6.07, 6.45) is 1.78. The van der Waals surface area contributed by atoms with Crippen molar-refractivity contribution in [1.82, 2.24) is 9.97 Å². The molecule has 6 nitrogen and oxygen atoms in total. The summed E-state index contributed by atoms with van der Waals surface area (Å²) in [6.45, 7) is 0. The molecule has 0 unspecified atom stereocenters. The first-order valence-electron chi connectivity index (χ1n) is 6.51. The molecule has 2 heterocycles. The van der Waals surface area contributed by atoms with Crippen LogP contribution in [0.1, 0.15) is 15.9 Å². The molecule has 3 rings (SSSR count). The minimum Gasteiger partial charge on any atom is -0.480 e. The van der Waals surface area contributed by atoms with E-state index in [1.54, 1.807) is 24.4 Å². The number of primary amides is 1. The summed E-state index contributed by atoms with van der Waals surface area (Å²) in [4.78, 5) is 18.8. The molecule has 0 saturated carbocycles. The Kier molecular flexibility index (Phi) is 3.24. The van der Waals surface area contributed by atoms with Gasteiger partial charge >= 0.3 is 0 Å². The SMILES string of the molecule is COc1nc(-c2c[nH]c3c(C#N)cccc23)ccc1C(N)=O. The summed E-state index contributed by atoms with van der Waals surface area (Å²) in [5.74, 6) is -0.419. The maximum Gasteiger partial charge on any atom is 0.254 e. The first-order valence-corrected chi connectivity index (χ1v) is 6.51. The highest BCUT2D eigenvalue weighted by Crippen LogP contribution is 2.30. The van der Waals surface area contributed by atoms with Gasteiger partial charge in [0.25, 0.3) is 5.91 Å². The highest BCUT2D eigenvalue weighted by atomic mass is 16.5.